The van der Waals surface area contributed by atoms with Gasteiger partial charge in [-0.1, -0.05) is 50.5 Å². The van der Waals surface area contributed by atoms with Gasteiger partial charge in [-0.3, -0.25) is 0 Å². The smallest absolute Gasteiger partial charge is 0.400 e. The van der Waals surface area contributed by atoms with Crippen molar-refractivity contribution in [3.05, 3.63) is 36.1 Å². The van der Waals surface area contributed by atoms with E-state index in [0.29, 0.717) is 5.58 Å². The van der Waals surface area contributed by atoms with Gasteiger partial charge in [0.2, 0.25) is 5.76 Å². The van der Waals surface area contributed by atoms with Gasteiger partial charge in [-0.2, -0.15) is 0 Å². The Hall–Kier alpha value is -2.10. The quantitative estimate of drug-likeness (QED) is 0.567. The molecule has 0 spiro atoms. The monoisotopic (exact) mass is 313 g/mol. The van der Waals surface area contributed by atoms with Crippen molar-refractivity contribution >= 4 is 22.7 Å². The highest BCUT2D eigenvalue weighted by Gasteiger charge is 2.55. The second kappa shape index (κ2) is 6.19. The molecule has 1 aromatic carbocycles. The third kappa shape index (κ3) is 2.78. The number of oxime groups is 1. The van der Waals surface area contributed by atoms with Crippen LogP contribution in [0.2, 0.25) is 0 Å². The van der Waals surface area contributed by atoms with Gasteiger partial charge in [0.1, 0.15) is 5.58 Å². The molecule has 2 atom stereocenters. The molecular formula is C19H23NO3. The second-order valence-electron chi connectivity index (χ2n) is 6.63. The lowest BCUT2D eigenvalue weighted by Crippen LogP contribution is -2.55. The number of rotatable bonds is 2. The van der Waals surface area contributed by atoms with Crippen LogP contribution in [0.1, 0.15) is 57.0 Å². The number of para-hydroxylation sites is 1. The van der Waals surface area contributed by atoms with Gasteiger partial charge in [0.15, 0.2) is 0 Å². The largest absolute Gasteiger partial charge is 0.449 e. The van der Waals surface area contributed by atoms with Gasteiger partial charge in [-0.15, -0.1) is 0 Å². The Morgan fingerprint density at radius 3 is 2.70 bits per heavy atom. The first-order chi connectivity index (χ1) is 11.1. The number of nitrogens with zero attached hydrogens (tertiary/aromatic N) is 1. The molecule has 0 aliphatic heterocycles. The third-order valence-corrected chi connectivity index (χ3v) is 4.88. The summed E-state index contributed by atoms with van der Waals surface area (Å²) in [5.74, 6) is 0.413. The normalized spacial score (nSPS) is 26.6. The molecule has 4 nitrogen and oxygen atoms in total. The summed E-state index contributed by atoms with van der Waals surface area (Å²) < 4.78 is 5.46. The first-order valence-corrected chi connectivity index (χ1v) is 8.35. The Kier molecular flexibility index (Phi) is 4.24. The van der Waals surface area contributed by atoms with Gasteiger partial charge in [-0.25, -0.2) is 4.79 Å². The molecule has 4 heteroatoms. The summed E-state index contributed by atoms with van der Waals surface area (Å²) >= 11 is 0. The van der Waals surface area contributed by atoms with Crippen molar-refractivity contribution in [3.63, 3.8) is 0 Å². The molecule has 0 bridgehead atoms. The van der Waals surface area contributed by atoms with E-state index in [1.807, 2.05) is 24.3 Å². The minimum atomic E-state index is -0.528. The lowest BCUT2D eigenvalue weighted by atomic mass is 9.47. The predicted molar refractivity (Wildman–Crippen MR) is 90.5 cm³/mol. The fourth-order valence-corrected chi connectivity index (χ4v) is 3.19. The van der Waals surface area contributed by atoms with E-state index < -0.39 is 5.97 Å². The van der Waals surface area contributed by atoms with Crippen molar-refractivity contribution in [1.82, 2.24) is 0 Å². The molecule has 2 aromatic rings. The van der Waals surface area contributed by atoms with Crippen LogP contribution in [-0.4, -0.2) is 11.7 Å². The number of hydrogen-bond donors (Lipinski definition) is 0. The number of benzene rings is 1. The van der Waals surface area contributed by atoms with Crippen molar-refractivity contribution < 1.29 is 14.0 Å². The molecule has 2 aliphatic rings. The van der Waals surface area contributed by atoms with Gasteiger partial charge < -0.3 is 9.25 Å². The van der Waals surface area contributed by atoms with Crippen LogP contribution in [0.5, 0.6) is 0 Å². The maximum Gasteiger partial charge on any atom is 0.400 e. The molecule has 2 aliphatic carbocycles. The molecule has 4 rings (SSSR count). The summed E-state index contributed by atoms with van der Waals surface area (Å²) in [6.45, 7) is 6.44. The van der Waals surface area contributed by atoms with Gasteiger partial charge in [-0.05, 0) is 37.3 Å². The lowest BCUT2D eigenvalue weighted by Gasteiger charge is -2.56. The molecule has 0 radical (unpaired) electrons. The van der Waals surface area contributed by atoms with E-state index in [1.165, 1.54) is 12.8 Å². The van der Waals surface area contributed by atoms with Crippen molar-refractivity contribution in [2.24, 2.45) is 16.5 Å². The zero-order valence-electron chi connectivity index (χ0n) is 14.0. The number of hydrogen-bond acceptors (Lipinski definition) is 4. The molecule has 2 fully saturated rings. The number of fused-ring (bicyclic) bond motifs is 2. The highest BCUT2D eigenvalue weighted by molar-refractivity contribution is 5.98. The van der Waals surface area contributed by atoms with Crippen LogP contribution in [0.15, 0.2) is 39.9 Å². The third-order valence-electron chi connectivity index (χ3n) is 4.88. The zero-order valence-corrected chi connectivity index (χ0v) is 14.0. The summed E-state index contributed by atoms with van der Waals surface area (Å²) in [4.78, 5) is 17.0. The van der Waals surface area contributed by atoms with E-state index in [1.54, 1.807) is 6.07 Å². The molecule has 1 aromatic heterocycles. The highest BCUT2D eigenvalue weighted by Crippen LogP contribution is 2.58. The maximum atomic E-state index is 11.9. The molecule has 0 amide bonds. The molecule has 2 unspecified atom stereocenters. The van der Waals surface area contributed by atoms with Crippen LogP contribution in [0, 0.1) is 11.3 Å². The first-order valence-electron chi connectivity index (χ1n) is 8.35. The fourth-order valence-electron chi connectivity index (χ4n) is 3.19. The highest BCUT2D eigenvalue weighted by atomic mass is 16.7. The van der Waals surface area contributed by atoms with Crippen LogP contribution < -0.4 is 0 Å². The molecule has 23 heavy (non-hydrogen) atoms. The number of carbonyl (C=O) groups is 1. The van der Waals surface area contributed by atoms with Crippen molar-refractivity contribution in [2.75, 3.05) is 0 Å². The van der Waals surface area contributed by atoms with Crippen molar-refractivity contribution in [1.29, 1.82) is 0 Å². The molecule has 0 N–H and O–H groups in total. The fraction of sp³-hybridized carbons (Fsp3) is 0.474. The predicted octanol–water partition coefficient (Wildman–Crippen LogP) is 5.18. The molecule has 122 valence electrons. The first kappa shape index (κ1) is 15.8. The van der Waals surface area contributed by atoms with E-state index in [-0.39, 0.29) is 11.2 Å². The average molecular weight is 313 g/mol. The van der Waals surface area contributed by atoms with Gasteiger partial charge >= 0.3 is 5.97 Å². The Morgan fingerprint density at radius 1 is 1.39 bits per heavy atom. The topological polar surface area (TPSA) is 51.8 Å². The number of furan rings is 1. The van der Waals surface area contributed by atoms with E-state index in [9.17, 15) is 4.79 Å². The molecule has 2 saturated carbocycles. The Labute approximate surface area is 136 Å². The lowest BCUT2D eigenvalue weighted by molar-refractivity contribution is 0.0394. The average Bonchev–Trinajstić information content (AvgIpc) is 2.98. The van der Waals surface area contributed by atoms with E-state index >= 15 is 0 Å². The minimum Gasteiger partial charge on any atom is -0.449 e. The van der Waals surface area contributed by atoms with E-state index in [0.717, 1.165) is 29.9 Å². The standard InChI is InChI=1S/C16H15NO3.C3H8/c1-16-7-6-11(16)9-14(16)17-20-15(18)13-8-10-4-2-3-5-12(10)19-13;1-3-2/h2-5,8,11H,6-7,9H2,1H3;3H2,1-2H3/b17-14+;. The van der Waals surface area contributed by atoms with Crippen molar-refractivity contribution in [3.8, 4) is 0 Å². The Bertz CT molecular complexity index is 713. The molecule has 1 heterocycles. The van der Waals surface area contributed by atoms with E-state index in [4.69, 9.17) is 9.25 Å². The zero-order chi connectivity index (χ0) is 16.4. The second-order valence-corrected chi connectivity index (χ2v) is 6.63. The minimum absolute atomic E-state index is 0.189. The SMILES string of the molecule is CC12CCC1C/C2=N\OC(=O)c1cc2ccccc2o1.CCC. The maximum absolute atomic E-state index is 11.9. The van der Waals surface area contributed by atoms with E-state index in [2.05, 4.69) is 25.9 Å². The van der Waals surface area contributed by atoms with Crippen LogP contribution in [0.25, 0.3) is 11.0 Å². The summed E-state index contributed by atoms with van der Waals surface area (Å²) in [7, 11) is 0. The Morgan fingerprint density at radius 2 is 2.13 bits per heavy atom. The van der Waals surface area contributed by atoms with Crippen molar-refractivity contribution in [2.45, 2.75) is 46.5 Å². The summed E-state index contributed by atoms with van der Waals surface area (Å²) in [5.41, 5.74) is 1.88. The van der Waals surface area contributed by atoms with Crippen LogP contribution >= 0.6 is 0 Å². The van der Waals surface area contributed by atoms with Crippen LogP contribution in [0.4, 0.5) is 0 Å². The van der Waals surface area contributed by atoms with Crippen LogP contribution in [0.3, 0.4) is 0 Å². The summed E-state index contributed by atoms with van der Waals surface area (Å²) in [6, 6.07) is 9.18. The molecular weight excluding hydrogens is 290 g/mol. The van der Waals surface area contributed by atoms with Crippen LogP contribution in [-0.2, 0) is 4.84 Å². The van der Waals surface area contributed by atoms with Gasteiger partial charge in [0.05, 0.1) is 5.71 Å². The summed E-state index contributed by atoms with van der Waals surface area (Å²) in [5, 5.41) is 4.93. The number of carbonyl (C=O) groups excluding carboxylic acids is 1. The molecule has 0 saturated heterocycles. The van der Waals surface area contributed by atoms with Gasteiger partial charge in [0.25, 0.3) is 0 Å². The Balaban J connectivity index is 0.000000485. The summed E-state index contributed by atoms with van der Waals surface area (Å²) in [6.07, 6.45) is 4.63. The van der Waals surface area contributed by atoms with Gasteiger partial charge in [0, 0.05) is 10.8 Å².